The van der Waals surface area contributed by atoms with Gasteiger partial charge in [-0.15, -0.1) is 0 Å². The second kappa shape index (κ2) is 6.07. The number of aliphatic hydroxyl groups is 2. The quantitative estimate of drug-likeness (QED) is 0.718. The van der Waals surface area contributed by atoms with Gasteiger partial charge in [-0.3, -0.25) is 4.90 Å². The second-order valence-electron chi connectivity index (χ2n) is 3.28. The van der Waals surface area contributed by atoms with Crippen LogP contribution in [0.15, 0.2) is 6.20 Å². The third-order valence-electron chi connectivity index (χ3n) is 2.23. The van der Waals surface area contributed by atoms with Gasteiger partial charge in [0.05, 0.1) is 26.0 Å². The van der Waals surface area contributed by atoms with Gasteiger partial charge in [0.25, 0.3) is 0 Å². The van der Waals surface area contributed by atoms with Crippen molar-refractivity contribution in [2.75, 3.05) is 26.3 Å². The summed E-state index contributed by atoms with van der Waals surface area (Å²) in [6.07, 6.45) is 1.59. The van der Waals surface area contributed by atoms with Gasteiger partial charge in [-0.2, -0.15) is 0 Å². The Balaban J connectivity index is 2.60. The minimum atomic E-state index is 0.0676. The molecule has 0 aliphatic rings. The second-order valence-corrected chi connectivity index (χ2v) is 3.67. The lowest BCUT2D eigenvalue weighted by Gasteiger charge is -2.19. The lowest BCUT2D eigenvalue weighted by Crippen LogP contribution is -2.30. The van der Waals surface area contributed by atoms with Gasteiger partial charge in [-0.1, -0.05) is 11.6 Å². The van der Waals surface area contributed by atoms with Crippen LogP contribution in [-0.4, -0.2) is 51.0 Å². The van der Waals surface area contributed by atoms with E-state index < -0.39 is 0 Å². The Labute approximate surface area is 93.9 Å². The van der Waals surface area contributed by atoms with Crippen molar-refractivity contribution in [3.8, 4) is 0 Å². The van der Waals surface area contributed by atoms with Crippen LogP contribution in [0.3, 0.4) is 0 Å². The smallest absolute Gasteiger partial charge is 0.128 e. The van der Waals surface area contributed by atoms with E-state index >= 15 is 0 Å². The van der Waals surface area contributed by atoms with Crippen LogP contribution in [0.5, 0.6) is 0 Å². The van der Waals surface area contributed by atoms with Crippen LogP contribution in [0.1, 0.15) is 5.82 Å². The maximum atomic E-state index is 8.84. The largest absolute Gasteiger partial charge is 0.395 e. The summed E-state index contributed by atoms with van der Waals surface area (Å²) in [5, 5.41) is 18.3. The lowest BCUT2D eigenvalue weighted by atomic mass is 10.4. The number of nitrogens with zero attached hydrogens (tertiary/aromatic N) is 3. The first-order chi connectivity index (χ1) is 7.19. The van der Waals surface area contributed by atoms with E-state index in [1.165, 1.54) is 0 Å². The molecule has 1 heterocycles. The molecule has 0 saturated carbocycles. The van der Waals surface area contributed by atoms with Gasteiger partial charge in [0.1, 0.15) is 11.0 Å². The minimum absolute atomic E-state index is 0.0676. The monoisotopic (exact) mass is 233 g/mol. The highest BCUT2D eigenvalue weighted by atomic mass is 35.5. The zero-order valence-electron chi connectivity index (χ0n) is 8.73. The van der Waals surface area contributed by atoms with Crippen molar-refractivity contribution >= 4 is 11.6 Å². The van der Waals surface area contributed by atoms with Gasteiger partial charge in [-0.25, -0.2) is 4.98 Å². The van der Waals surface area contributed by atoms with Crippen molar-refractivity contribution in [3.05, 3.63) is 17.2 Å². The van der Waals surface area contributed by atoms with Crippen LogP contribution in [0.4, 0.5) is 0 Å². The fourth-order valence-electron chi connectivity index (χ4n) is 1.32. The third kappa shape index (κ3) is 3.46. The lowest BCUT2D eigenvalue weighted by molar-refractivity contribution is 0.152. The molecule has 0 radical (unpaired) electrons. The molecular formula is C9H16ClN3O2. The summed E-state index contributed by atoms with van der Waals surface area (Å²) >= 11 is 5.85. The SMILES string of the molecule is Cn1c(Cl)cnc1CN(CCO)CCO. The molecule has 0 fully saturated rings. The molecule has 0 bridgehead atoms. The molecule has 1 aromatic heterocycles. The van der Waals surface area contributed by atoms with E-state index in [0.717, 1.165) is 5.82 Å². The van der Waals surface area contributed by atoms with E-state index in [0.29, 0.717) is 24.8 Å². The molecule has 0 atom stereocenters. The molecule has 6 heteroatoms. The molecule has 15 heavy (non-hydrogen) atoms. The van der Waals surface area contributed by atoms with E-state index in [9.17, 15) is 0 Å². The first kappa shape index (κ1) is 12.4. The summed E-state index contributed by atoms with van der Waals surface area (Å²) < 4.78 is 1.78. The molecule has 0 aliphatic heterocycles. The average Bonchev–Trinajstić information content (AvgIpc) is 2.51. The number of aromatic nitrogens is 2. The zero-order chi connectivity index (χ0) is 11.3. The Morgan fingerprint density at radius 2 is 2.00 bits per heavy atom. The number of hydrogen-bond donors (Lipinski definition) is 2. The molecule has 0 aliphatic carbocycles. The van der Waals surface area contributed by atoms with Crippen molar-refractivity contribution in [2.45, 2.75) is 6.54 Å². The van der Waals surface area contributed by atoms with Gasteiger partial charge in [0, 0.05) is 20.1 Å². The Morgan fingerprint density at radius 3 is 2.40 bits per heavy atom. The predicted octanol–water partition coefficient (Wildman–Crippen LogP) is -0.140. The highest BCUT2D eigenvalue weighted by molar-refractivity contribution is 6.29. The van der Waals surface area contributed by atoms with Crippen LogP contribution in [0.25, 0.3) is 0 Å². The third-order valence-corrected chi connectivity index (χ3v) is 2.58. The Hall–Kier alpha value is -0.620. The molecule has 1 aromatic rings. The normalized spacial score (nSPS) is 11.3. The van der Waals surface area contributed by atoms with Crippen LogP contribution in [0.2, 0.25) is 5.15 Å². The number of hydrogen-bond acceptors (Lipinski definition) is 4. The fourth-order valence-corrected chi connectivity index (χ4v) is 1.47. The molecule has 0 saturated heterocycles. The van der Waals surface area contributed by atoms with Crippen molar-refractivity contribution < 1.29 is 10.2 Å². The van der Waals surface area contributed by atoms with E-state index in [4.69, 9.17) is 21.8 Å². The van der Waals surface area contributed by atoms with Crippen LogP contribution < -0.4 is 0 Å². The molecule has 86 valence electrons. The summed E-state index contributed by atoms with van der Waals surface area (Å²) in [7, 11) is 1.83. The highest BCUT2D eigenvalue weighted by Crippen LogP contribution is 2.10. The maximum absolute atomic E-state index is 8.84. The Bertz CT molecular complexity index is 298. The zero-order valence-corrected chi connectivity index (χ0v) is 9.48. The molecule has 0 unspecified atom stereocenters. The van der Waals surface area contributed by atoms with Gasteiger partial charge in [0.15, 0.2) is 0 Å². The van der Waals surface area contributed by atoms with Gasteiger partial charge in [-0.05, 0) is 0 Å². The summed E-state index contributed by atoms with van der Waals surface area (Å²) in [6.45, 7) is 1.75. The summed E-state index contributed by atoms with van der Waals surface area (Å²) in [5.41, 5.74) is 0. The van der Waals surface area contributed by atoms with Gasteiger partial charge >= 0.3 is 0 Å². The number of aliphatic hydroxyl groups excluding tert-OH is 2. The van der Waals surface area contributed by atoms with Crippen molar-refractivity contribution in [3.63, 3.8) is 0 Å². The summed E-state index contributed by atoms with van der Waals surface area (Å²) in [6, 6.07) is 0. The first-order valence-corrected chi connectivity index (χ1v) is 5.17. The molecule has 0 spiro atoms. The number of imidazole rings is 1. The molecular weight excluding hydrogens is 218 g/mol. The molecule has 1 rings (SSSR count). The van der Waals surface area contributed by atoms with E-state index in [-0.39, 0.29) is 13.2 Å². The van der Waals surface area contributed by atoms with Crippen LogP contribution in [-0.2, 0) is 13.6 Å². The van der Waals surface area contributed by atoms with E-state index in [2.05, 4.69) is 4.98 Å². The van der Waals surface area contributed by atoms with Crippen molar-refractivity contribution in [2.24, 2.45) is 7.05 Å². The average molecular weight is 234 g/mol. The van der Waals surface area contributed by atoms with Gasteiger partial charge < -0.3 is 14.8 Å². The van der Waals surface area contributed by atoms with Crippen LogP contribution >= 0.6 is 11.6 Å². The fraction of sp³-hybridized carbons (Fsp3) is 0.667. The predicted molar refractivity (Wildman–Crippen MR) is 57.7 cm³/mol. The number of rotatable bonds is 6. The first-order valence-electron chi connectivity index (χ1n) is 4.79. The van der Waals surface area contributed by atoms with Crippen molar-refractivity contribution in [1.82, 2.24) is 14.5 Å². The van der Waals surface area contributed by atoms with E-state index in [1.807, 2.05) is 11.9 Å². The van der Waals surface area contributed by atoms with Crippen molar-refractivity contribution in [1.29, 1.82) is 0 Å². The Kier molecular flexibility index (Phi) is 5.04. The minimum Gasteiger partial charge on any atom is -0.395 e. The molecule has 0 aromatic carbocycles. The number of halogens is 1. The summed E-state index contributed by atoms with van der Waals surface area (Å²) in [5.74, 6) is 0.821. The Morgan fingerprint density at radius 1 is 1.40 bits per heavy atom. The van der Waals surface area contributed by atoms with Crippen LogP contribution in [0, 0.1) is 0 Å². The van der Waals surface area contributed by atoms with Gasteiger partial charge in [0.2, 0.25) is 0 Å². The maximum Gasteiger partial charge on any atom is 0.128 e. The molecule has 0 amide bonds. The highest BCUT2D eigenvalue weighted by Gasteiger charge is 2.09. The van der Waals surface area contributed by atoms with E-state index in [1.54, 1.807) is 10.8 Å². The summed E-state index contributed by atoms with van der Waals surface area (Å²) in [4.78, 5) is 6.06. The molecule has 2 N–H and O–H groups in total. The molecule has 5 nitrogen and oxygen atoms in total. The standard InChI is InChI=1S/C9H16ClN3O2/c1-12-8(10)6-11-9(12)7-13(2-4-14)3-5-15/h6,14-15H,2-5,7H2,1H3. The topological polar surface area (TPSA) is 61.5 Å².